The van der Waals surface area contributed by atoms with Crippen LogP contribution in [0.15, 0.2) is 49.6 Å². The van der Waals surface area contributed by atoms with E-state index in [0.29, 0.717) is 13.2 Å². The van der Waals surface area contributed by atoms with Crippen LogP contribution in [-0.2, 0) is 30.8 Å². The molecule has 0 aliphatic carbocycles. The Bertz CT molecular complexity index is 800. The van der Waals surface area contributed by atoms with Crippen LogP contribution in [0.2, 0.25) is 0 Å². The van der Waals surface area contributed by atoms with Crippen molar-refractivity contribution in [1.82, 2.24) is 0 Å². The zero-order chi connectivity index (χ0) is 18.6. The third-order valence-corrected chi connectivity index (χ3v) is 4.63. The van der Waals surface area contributed by atoms with Crippen LogP contribution in [0.1, 0.15) is 22.3 Å². The minimum atomic E-state index is 0.259. The Kier molecular flexibility index (Phi) is 5.03. The molecule has 0 fully saturated rings. The molecule has 0 N–H and O–H groups in total. The van der Waals surface area contributed by atoms with Crippen molar-refractivity contribution in [3.05, 3.63) is 71.8 Å². The minimum absolute atomic E-state index is 0.259. The third-order valence-electron chi connectivity index (χ3n) is 4.63. The minimum Gasteiger partial charge on any atom is -0.454 e. The van der Waals surface area contributed by atoms with E-state index in [1.54, 1.807) is 0 Å². The number of rotatable bonds is 8. The average molecular weight is 366 g/mol. The highest BCUT2D eigenvalue weighted by molar-refractivity contribution is 5.50. The summed E-state index contributed by atoms with van der Waals surface area (Å²) in [5.41, 5.74) is 4.41. The van der Waals surface area contributed by atoms with Crippen LogP contribution in [0.5, 0.6) is 23.0 Å². The Hall–Kier alpha value is -2.92. The predicted molar refractivity (Wildman–Crippen MR) is 101 cm³/mol. The number of hydrogen-bond acceptors (Lipinski definition) is 5. The molecular weight excluding hydrogens is 344 g/mol. The lowest BCUT2D eigenvalue weighted by Gasteiger charge is -2.13. The summed E-state index contributed by atoms with van der Waals surface area (Å²) in [5, 5.41) is 0. The summed E-state index contributed by atoms with van der Waals surface area (Å²) in [6.07, 6.45) is 5.25. The van der Waals surface area contributed by atoms with Gasteiger partial charge in [-0.2, -0.15) is 0 Å². The fraction of sp³-hybridized carbons (Fsp3) is 0.273. The van der Waals surface area contributed by atoms with E-state index < -0.39 is 0 Å². The van der Waals surface area contributed by atoms with Crippen LogP contribution in [0.4, 0.5) is 0 Å². The molecule has 4 rings (SSSR count). The Morgan fingerprint density at radius 2 is 1.04 bits per heavy atom. The molecule has 0 unspecified atom stereocenters. The van der Waals surface area contributed by atoms with Crippen LogP contribution >= 0.6 is 0 Å². The monoisotopic (exact) mass is 366 g/mol. The number of fused-ring (bicyclic) bond motifs is 2. The van der Waals surface area contributed by atoms with Crippen LogP contribution in [0.3, 0.4) is 0 Å². The molecule has 0 radical (unpaired) electrons. The van der Waals surface area contributed by atoms with Crippen molar-refractivity contribution < 1.29 is 23.7 Å². The normalized spacial score (nSPS) is 13.6. The Balaban J connectivity index is 1.50. The topological polar surface area (TPSA) is 46.2 Å². The maximum atomic E-state index is 6.04. The second-order valence-corrected chi connectivity index (χ2v) is 6.43. The van der Waals surface area contributed by atoms with Gasteiger partial charge in [-0.05, 0) is 59.4 Å². The van der Waals surface area contributed by atoms with Gasteiger partial charge in [0.2, 0.25) is 13.6 Å². The van der Waals surface area contributed by atoms with E-state index in [1.165, 1.54) is 0 Å². The van der Waals surface area contributed by atoms with Crippen molar-refractivity contribution in [3.63, 3.8) is 0 Å². The summed E-state index contributed by atoms with van der Waals surface area (Å²) in [4.78, 5) is 0. The van der Waals surface area contributed by atoms with Gasteiger partial charge in [-0.1, -0.05) is 12.2 Å². The summed E-state index contributed by atoms with van der Waals surface area (Å²) >= 11 is 0. The van der Waals surface area contributed by atoms with Gasteiger partial charge in [0.1, 0.15) is 0 Å². The molecule has 27 heavy (non-hydrogen) atoms. The van der Waals surface area contributed by atoms with E-state index in [-0.39, 0.29) is 13.6 Å². The van der Waals surface area contributed by atoms with Crippen molar-refractivity contribution in [2.24, 2.45) is 0 Å². The number of hydrogen-bond donors (Lipinski definition) is 0. The average Bonchev–Trinajstić information content (AvgIpc) is 3.30. The van der Waals surface area contributed by atoms with E-state index in [1.807, 2.05) is 36.4 Å². The van der Waals surface area contributed by atoms with Crippen molar-refractivity contribution in [2.45, 2.75) is 26.1 Å². The van der Waals surface area contributed by atoms with E-state index in [2.05, 4.69) is 13.2 Å². The summed E-state index contributed by atoms with van der Waals surface area (Å²) in [6, 6.07) is 8.00. The van der Waals surface area contributed by atoms with Crippen molar-refractivity contribution in [1.29, 1.82) is 0 Å². The Morgan fingerprint density at radius 1 is 0.667 bits per heavy atom. The van der Waals surface area contributed by atoms with Crippen LogP contribution in [0.25, 0.3) is 0 Å². The van der Waals surface area contributed by atoms with Gasteiger partial charge in [-0.3, -0.25) is 0 Å². The molecule has 0 saturated heterocycles. The number of ether oxygens (including phenoxy) is 5. The first-order valence-electron chi connectivity index (χ1n) is 8.91. The third kappa shape index (κ3) is 3.64. The highest BCUT2D eigenvalue weighted by Gasteiger charge is 2.19. The maximum Gasteiger partial charge on any atom is 0.231 e. The molecule has 2 aromatic rings. The second-order valence-electron chi connectivity index (χ2n) is 6.43. The lowest BCUT2D eigenvalue weighted by molar-refractivity contribution is 0.106. The van der Waals surface area contributed by atoms with Gasteiger partial charge in [0, 0.05) is 0 Å². The van der Waals surface area contributed by atoms with Crippen LogP contribution in [-0.4, -0.2) is 13.6 Å². The fourth-order valence-electron chi connectivity index (χ4n) is 3.28. The maximum absolute atomic E-state index is 6.04. The summed E-state index contributed by atoms with van der Waals surface area (Å²) < 4.78 is 28.0. The molecule has 5 nitrogen and oxygen atoms in total. The number of benzene rings is 2. The van der Waals surface area contributed by atoms with E-state index in [4.69, 9.17) is 23.7 Å². The zero-order valence-electron chi connectivity index (χ0n) is 15.2. The fourth-order valence-corrected chi connectivity index (χ4v) is 3.28. The van der Waals surface area contributed by atoms with E-state index >= 15 is 0 Å². The predicted octanol–water partition coefficient (Wildman–Crippen LogP) is 4.32. The molecule has 2 heterocycles. The molecule has 0 spiro atoms. The molecule has 2 aliphatic heterocycles. The second kappa shape index (κ2) is 7.76. The lowest BCUT2D eigenvalue weighted by Crippen LogP contribution is -2.01. The highest BCUT2D eigenvalue weighted by atomic mass is 16.7. The molecule has 2 aliphatic rings. The first kappa shape index (κ1) is 17.5. The van der Waals surface area contributed by atoms with Crippen LogP contribution < -0.4 is 18.9 Å². The van der Waals surface area contributed by atoms with Gasteiger partial charge in [0.05, 0.1) is 13.2 Å². The van der Waals surface area contributed by atoms with Gasteiger partial charge in [0.15, 0.2) is 23.0 Å². The number of allylic oxidation sites excluding steroid dienone is 2. The van der Waals surface area contributed by atoms with Crippen molar-refractivity contribution in [2.75, 3.05) is 13.6 Å². The summed E-state index contributed by atoms with van der Waals surface area (Å²) in [6.45, 7) is 9.14. The van der Waals surface area contributed by atoms with Gasteiger partial charge >= 0.3 is 0 Å². The lowest BCUT2D eigenvalue weighted by atomic mass is 10.0. The zero-order valence-corrected chi connectivity index (χ0v) is 15.2. The Labute approximate surface area is 158 Å². The standard InChI is InChI=1S/C22H22O5/c1-3-5-15-7-19-21(26-13-24-19)9-17(15)11-23-12-18-10-22-20(25-14-27-22)8-16(18)6-4-2/h3-4,7-10H,1-2,5-6,11-14H2. The SMILES string of the molecule is C=CCc1cc2c(cc1COCc1cc3c(cc1CC=C)OCO3)OCO2. The quantitative estimate of drug-likeness (QED) is 0.651. The molecule has 0 atom stereocenters. The van der Waals surface area contributed by atoms with E-state index in [0.717, 1.165) is 58.1 Å². The molecule has 0 bridgehead atoms. The molecule has 0 aromatic heterocycles. The van der Waals surface area contributed by atoms with E-state index in [9.17, 15) is 0 Å². The Morgan fingerprint density at radius 3 is 1.41 bits per heavy atom. The molecule has 0 saturated carbocycles. The molecule has 5 heteroatoms. The first-order chi connectivity index (χ1) is 13.3. The summed E-state index contributed by atoms with van der Waals surface area (Å²) in [7, 11) is 0. The van der Waals surface area contributed by atoms with Crippen molar-refractivity contribution in [3.8, 4) is 23.0 Å². The van der Waals surface area contributed by atoms with Gasteiger partial charge in [-0.15, -0.1) is 13.2 Å². The molecule has 0 amide bonds. The highest BCUT2D eigenvalue weighted by Crippen LogP contribution is 2.37. The van der Waals surface area contributed by atoms with Gasteiger partial charge in [0.25, 0.3) is 0 Å². The molecule has 140 valence electrons. The van der Waals surface area contributed by atoms with Gasteiger partial charge < -0.3 is 23.7 Å². The largest absolute Gasteiger partial charge is 0.454 e. The first-order valence-corrected chi connectivity index (χ1v) is 8.91. The van der Waals surface area contributed by atoms with Crippen molar-refractivity contribution >= 4 is 0 Å². The molecule has 2 aromatic carbocycles. The van der Waals surface area contributed by atoms with Gasteiger partial charge in [-0.25, -0.2) is 0 Å². The smallest absolute Gasteiger partial charge is 0.231 e. The van der Waals surface area contributed by atoms with Crippen LogP contribution in [0, 0.1) is 0 Å². The summed E-state index contributed by atoms with van der Waals surface area (Å²) in [5.74, 6) is 3.08. The molecular formula is C22H22O5.